The summed E-state index contributed by atoms with van der Waals surface area (Å²) in [5.74, 6) is -0.0182. The van der Waals surface area contributed by atoms with Gasteiger partial charge in [0.15, 0.2) is 0 Å². The van der Waals surface area contributed by atoms with Crippen molar-refractivity contribution in [3.05, 3.63) is 58.4 Å². The molecule has 1 unspecified atom stereocenters. The number of benzene rings is 2. The van der Waals surface area contributed by atoms with Crippen molar-refractivity contribution in [2.45, 2.75) is 51.4 Å². The zero-order valence-electron chi connectivity index (χ0n) is 17.0. The number of methoxy groups -OCH3 is 1. The average molecular weight is 402 g/mol. The maximum absolute atomic E-state index is 14.0. The fourth-order valence-corrected chi connectivity index (χ4v) is 3.65. The van der Waals surface area contributed by atoms with Gasteiger partial charge in [-0.25, -0.2) is 9.18 Å². The van der Waals surface area contributed by atoms with E-state index in [2.05, 4.69) is 10.6 Å². The van der Waals surface area contributed by atoms with Crippen LogP contribution in [0.4, 0.5) is 14.9 Å². The van der Waals surface area contributed by atoms with Gasteiger partial charge in [-0.15, -0.1) is 0 Å². The molecule has 2 amide bonds. The molecule has 0 saturated carbocycles. The summed E-state index contributed by atoms with van der Waals surface area (Å²) >= 11 is 0. The maximum atomic E-state index is 14.0. The molecule has 0 bridgehead atoms. The van der Waals surface area contributed by atoms with Gasteiger partial charge in [0.05, 0.1) is 31.5 Å². The Labute approximate surface area is 169 Å². The summed E-state index contributed by atoms with van der Waals surface area (Å²) in [6.07, 6.45) is -0.778. The fourth-order valence-electron chi connectivity index (χ4n) is 3.65. The third-order valence-electron chi connectivity index (χ3n) is 5.25. The Morgan fingerprint density at radius 1 is 1.31 bits per heavy atom. The molecule has 0 radical (unpaired) electrons. The Morgan fingerprint density at radius 3 is 2.62 bits per heavy atom. The molecule has 2 aromatic rings. The minimum atomic E-state index is -0.984. The molecule has 7 heteroatoms. The van der Waals surface area contributed by atoms with Crippen LogP contribution in [0.1, 0.15) is 49.1 Å². The van der Waals surface area contributed by atoms with Crippen molar-refractivity contribution in [1.29, 1.82) is 0 Å². The molecule has 0 fully saturated rings. The number of carbonyl (C=O) groups is 1. The number of anilines is 1. The van der Waals surface area contributed by atoms with Crippen LogP contribution < -0.4 is 15.4 Å². The number of halogens is 1. The zero-order chi connectivity index (χ0) is 21.3. The van der Waals surface area contributed by atoms with Crippen LogP contribution in [0.5, 0.6) is 5.75 Å². The molecule has 29 heavy (non-hydrogen) atoms. The third kappa shape index (κ3) is 4.21. The van der Waals surface area contributed by atoms with Crippen molar-refractivity contribution in [2.75, 3.05) is 12.4 Å². The summed E-state index contributed by atoms with van der Waals surface area (Å²) < 4.78 is 19.4. The maximum Gasteiger partial charge on any atom is 0.319 e. The number of amides is 2. The van der Waals surface area contributed by atoms with Crippen molar-refractivity contribution in [3.63, 3.8) is 0 Å². The lowest BCUT2D eigenvalue weighted by molar-refractivity contribution is 0.145. The number of aliphatic hydroxyl groups excluding tert-OH is 2. The van der Waals surface area contributed by atoms with Crippen LogP contribution in [-0.2, 0) is 18.4 Å². The fraction of sp³-hybridized carbons (Fsp3) is 0.409. The highest BCUT2D eigenvalue weighted by Crippen LogP contribution is 2.36. The van der Waals surface area contributed by atoms with Gasteiger partial charge in [-0.1, -0.05) is 32.9 Å². The van der Waals surface area contributed by atoms with E-state index in [4.69, 9.17) is 4.74 Å². The SMILES string of the molecule is COc1c(CO)cc(C(C)(C)C)cc1NC(=O)N[C@@H]1Cc2c(F)cccc2C1O. The summed E-state index contributed by atoms with van der Waals surface area (Å²) in [7, 11) is 1.47. The number of ether oxygens (including phenoxy) is 1. The summed E-state index contributed by atoms with van der Waals surface area (Å²) in [6, 6.07) is 7.00. The van der Waals surface area contributed by atoms with Crippen molar-refractivity contribution in [3.8, 4) is 5.75 Å². The van der Waals surface area contributed by atoms with Gasteiger partial charge in [0, 0.05) is 5.56 Å². The number of fused-ring (bicyclic) bond motifs is 1. The van der Waals surface area contributed by atoms with Crippen LogP contribution in [0, 0.1) is 5.82 Å². The summed E-state index contributed by atoms with van der Waals surface area (Å²) in [6.45, 7) is 5.85. The van der Waals surface area contributed by atoms with Crippen LogP contribution in [0.2, 0.25) is 0 Å². The first-order valence-electron chi connectivity index (χ1n) is 9.50. The number of aliphatic hydroxyl groups is 2. The first-order chi connectivity index (χ1) is 13.7. The molecule has 3 rings (SSSR count). The number of rotatable bonds is 4. The molecule has 0 spiro atoms. The Balaban J connectivity index is 1.81. The smallest absolute Gasteiger partial charge is 0.319 e. The Morgan fingerprint density at radius 2 is 2.03 bits per heavy atom. The van der Waals surface area contributed by atoms with Gasteiger partial charge in [-0.2, -0.15) is 0 Å². The molecule has 1 aliphatic rings. The predicted molar refractivity (Wildman–Crippen MR) is 109 cm³/mol. The summed E-state index contributed by atoms with van der Waals surface area (Å²) in [4.78, 5) is 12.6. The van der Waals surface area contributed by atoms with Crippen molar-refractivity contribution in [1.82, 2.24) is 5.32 Å². The van der Waals surface area contributed by atoms with Crippen molar-refractivity contribution in [2.24, 2.45) is 0 Å². The lowest BCUT2D eigenvalue weighted by Crippen LogP contribution is -2.40. The van der Waals surface area contributed by atoms with E-state index in [0.29, 0.717) is 28.1 Å². The number of urea groups is 1. The lowest BCUT2D eigenvalue weighted by atomic mass is 9.85. The second kappa shape index (κ2) is 8.00. The van der Waals surface area contributed by atoms with E-state index in [1.54, 1.807) is 18.2 Å². The van der Waals surface area contributed by atoms with E-state index in [9.17, 15) is 19.4 Å². The monoisotopic (exact) mass is 402 g/mol. The highest BCUT2D eigenvalue weighted by atomic mass is 19.1. The molecule has 2 aromatic carbocycles. The highest BCUT2D eigenvalue weighted by Gasteiger charge is 2.34. The van der Waals surface area contributed by atoms with Crippen molar-refractivity contribution < 1.29 is 24.1 Å². The van der Waals surface area contributed by atoms with Gasteiger partial charge in [0.1, 0.15) is 11.6 Å². The summed E-state index contributed by atoms with van der Waals surface area (Å²) in [5.41, 5.74) is 2.60. The first-order valence-corrected chi connectivity index (χ1v) is 9.50. The molecule has 0 saturated heterocycles. The van der Waals surface area contributed by atoms with Crippen LogP contribution in [-0.4, -0.2) is 29.4 Å². The Bertz CT molecular complexity index is 924. The van der Waals surface area contributed by atoms with Crippen LogP contribution in [0.3, 0.4) is 0 Å². The predicted octanol–water partition coefficient (Wildman–Crippen LogP) is 3.40. The molecule has 0 aromatic heterocycles. The molecule has 0 heterocycles. The second-order valence-electron chi connectivity index (χ2n) is 8.29. The topological polar surface area (TPSA) is 90.8 Å². The Kier molecular flexibility index (Phi) is 5.82. The van der Waals surface area contributed by atoms with E-state index in [-0.39, 0.29) is 18.4 Å². The normalized spacial score (nSPS) is 18.3. The highest BCUT2D eigenvalue weighted by molar-refractivity contribution is 5.92. The average Bonchev–Trinajstić information content (AvgIpc) is 2.97. The van der Waals surface area contributed by atoms with E-state index < -0.39 is 24.0 Å². The van der Waals surface area contributed by atoms with E-state index >= 15 is 0 Å². The van der Waals surface area contributed by atoms with Gasteiger partial charge >= 0.3 is 6.03 Å². The lowest BCUT2D eigenvalue weighted by Gasteiger charge is -2.24. The minimum absolute atomic E-state index is 0.204. The molecule has 156 valence electrons. The summed E-state index contributed by atoms with van der Waals surface area (Å²) in [5, 5.41) is 25.6. The van der Waals surface area contributed by atoms with E-state index in [1.165, 1.54) is 13.2 Å². The molecule has 4 N–H and O–H groups in total. The van der Waals surface area contributed by atoms with Crippen molar-refractivity contribution >= 4 is 11.7 Å². The third-order valence-corrected chi connectivity index (χ3v) is 5.25. The van der Waals surface area contributed by atoms with Gasteiger partial charge in [-0.3, -0.25) is 0 Å². The largest absolute Gasteiger partial charge is 0.494 e. The van der Waals surface area contributed by atoms with Crippen LogP contribution in [0.25, 0.3) is 0 Å². The number of carbonyl (C=O) groups excluding carboxylic acids is 1. The standard InChI is InChI=1S/C22H27FN2O4/c1-22(2,3)13-8-12(11-26)20(29-4)18(9-13)25-21(28)24-17-10-15-14(19(17)27)6-5-7-16(15)23/h5-9,17,19,26-27H,10-11H2,1-4H3,(H2,24,25,28)/t17-,19?/m1/s1. The molecule has 2 atom stereocenters. The number of hydrogen-bond donors (Lipinski definition) is 4. The number of nitrogens with one attached hydrogen (secondary N) is 2. The van der Waals surface area contributed by atoms with Gasteiger partial charge < -0.3 is 25.6 Å². The Hall–Kier alpha value is -2.64. The van der Waals surface area contributed by atoms with Gasteiger partial charge in [0.2, 0.25) is 0 Å². The molecular weight excluding hydrogens is 375 g/mol. The van der Waals surface area contributed by atoms with Crippen LogP contribution in [0.15, 0.2) is 30.3 Å². The quantitative estimate of drug-likeness (QED) is 0.631. The number of hydrogen-bond acceptors (Lipinski definition) is 4. The molecule has 0 aliphatic heterocycles. The minimum Gasteiger partial charge on any atom is -0.494 e. The zero-order valence-corrected chi connectivity index (χ0v) is 17.0. The van der Waals surface area contributed by atoms with Gasteiger partial charge in [-0.05, 0) is 46.7 Å². The van der Waals surface area contributed by atoms with Gasteiger partial charge in [0.25, 0.3) is 0 Å². The van der Waals surface area contributed by atoms with E-state index in [0.717, 1.165) is 5.56 Å². The molecular formula is C22H27FN2O4. The first kappa shape index (κ1) is 21.1. The molecule has 6 nitrogen and oxygen atoms in total. The molecule has 1 aliphatic carbocycles. The van der Waals surface area contributed by atoms with E-state index in [1.807, 2.05) is 26.8 Å². The van der Waals surface area contributed by atoms with Crippen LogP contribution >= 0.6 is 0 Å². The second-order valence-corrected chi connectivity index (χ2v) is 8.29.